The number of halogens is 1. The van der Waals surface area contributed by atoms with Crippen molar-refractivity contribution in [3.05, 3.63) is 82.8 Å². The Labute approximate surface area is 167 Å². The lowest BCUT2D eigenvalue weighted by Crippen LogP contribution is -2.28. The molecule has 0 unspecified atom stereocenters. The van der Waals surface area contributed by atoms with E-state index in [0.29, 0.717) is 34.9 Å². The fraction of sp³-hybridized carbons (Fsp3) is 0.150. The number of nitrogens with one attached hydrogen (secondary N) is 1. The molecule has 1 amide bonds. The predicted molar refractivity (Wildman–Crippen MR) is 108 cm³/mol. The van der Waals surface area contributed by atoms with Crippen molar-refractivity contribution in [2.75, 3.05) is 16.2 Å². The van der Waals surface area contributed by atoms with Crippen molar-refractivity contribution < 1.29 is 17.6 Å². The summed E-state index contributed by atoms with van der Waals surface area (Å²) in [5.74, 6) is -0.164. The monoisotopic (exact) mass is 416 g/mol. The molecule has 144 valence electrons. The van der Waals surface area contributed by atoms with Gasteiger partial charge in [0, 0.05) is 17.3 Å². The third-order valence-corrected chi connectivity index (χ3v) is 6.01. The number of furan rings is 1. The summed E-state index contributed by atoms with van der Waals surface area (Å²) in [6, 6.07) is 15.2. The molecule has 0 saturated heterocycles. The van der Waals surface area contributed by atoms with Crippen LogP contribution >= 0.6 is 11.6 Å². The van der Waals surface area contributed by atoms with E-state index in [4.69, 9.17) is 16.0 Å². The topological polar surface area (TPSA) is 79.6 Å². The van der Waals surface area contributed by atoms with Crippen LogP contribution in [0, 0.1) is 0 Å². The summed E-state index contributed by atoms with van der Waals surface area (Å²) < 4.78 is 32.8. The van der Waals surface area contributed by atoms with Crippen LogP contribution < -0.4 is 9.62 Å². The molecule has 2 heterocycles. The molecule has 1 aliphatic rings. The number of hydrogen-bond acceptors (Lipinski definition) is 4. The average Bonchev–Trinajstić information content (AvgIpc) is 3.32. The Morgan fingerprint density at radius 2 is 1.93 bits per heavy atom. The van der Waals surface area contributed by atoms with Crippen molar-refractivity contribution >= 4 is 38.9 Å². The van der Waals surface area contributed by atoms with E-state index in [1.54, 1.807) is 53.4 Å². The number of nitrogens with zero attached hydrogens (tertiary/aromatic N) is 1. The standard InChI is InChI=1S/C20H17ClN2O4S/c21-16-6-3-14(4-7-16)13-28(25,26)22-17-8-5-15-9-10-23(18(15)12-17)20(24)19-2-1-11-27-19/h1-8,11-12,22H,9-10,13H2. The molecule has 0 fully saturated rings. The van der Waals surface area contributed by atoms with E-state index in [1.807, 2.05) is 6.07 Å². The van der Waals surface area contributed by atoms with E-state index < -0.39 is 10.0 Å². The first-order chi connectivity index (χ1) is 13.4. The molecule has 0 spiro atoms. The third kappa shape index (κ3) is 3.90. The van der Waals surface area contributed by atoms with E-state index in [2.05, 4.69) is 4.72 Å². The molecule has 4 rings (SSSR count). The SMILES string of the molecule is O=C(c1ccco1)N1CCc2ccc(NS(=O)(=O)Cc3ccc(Cl)cc3)cc21. The number of carbonyl (C=O) groups excluding carboxylic acids is 1. The lowest BCUT2D eigenvalue weighted by atomic mass is 10.1. The van der Waals surface area contributed by atoms with E-state index in [-0.39, 0.29) is 17.4 Å². The van der Waals surface area contributed by atoms with Crippen LogP contribution in [0.1, 0.15) is 21.7 Å². The first-order valence-corrected chi connectivity index (χ1v) is 10.7. The molecule has 0 radical (unpaired) electrons. The van der Waals surface area contributed by atoms with Crippen LogP contribution in [-0.2, 0) is 22.2 Å². The fourth-order valence-corrected chi connectivity index (χ4v) is 4.52. The molecule has 1 aromatic heterocycles. The van der Waals surface area contributed by atoms with Gasteiger partial charge in [-0.15, -0.1) is 0 Å². The average molecular weight is 417 g/mol. The Morgan fingerprint density at radius 3 is 2.64 bits per heavy atom. The van der Waals surface area contributed by atoms with Gasteiger partial charge in [0.25, 0.3) is 5.91 Å². The lowest BCUT2D eigenvalue weighted by molar-refractivity contribution is 0.0963. The summed E-state index contributed by atoms with van der Waals surface area (Å²) in [4.78, 5) is 14.2. The Morgan fingerprint density at radius 1 is 1.14 bits per heavy atom. The Balaban J connectivity index is 1.54. The second-order valence-electron chi connectivity index (χ2n) is 6.52. The van der Waals surface area contributed by atoms with Crippen LogP contribution in [0.3, 0.4) is 0 Å². The van der Waals surface area contributed by atoms with Crippen molar-refractivity contribution in [2.24, 2.45) is 0 Å². The molecule has 28 heavy (non-hydrogen) atoms. The van der Waals surface area contributed by atoms with Gasteiger partial charge in [-0.25, -0.2) is 8.42 Å². The number of benzene rings is 2. The summed E-state index contributed by atoms with van der Waals surface area (Å²) in [6.07, 6.45) is 2.16. The Kier molecular flexibility index (Phi) is 4.87. The van der Waals surface area contributed by atoms with Crippen LogP contribution in [0.2, 0.25) is 5.02 Å². The molecule has 1 aliphatic heterocycles. The van der Waals surface area contributed by atoms with Crippen molar-refractivity contribution in [2.45, 2.75) is 12.2 Å². The van der Waals surface area contributed by atoms with Crippen LogP contribution in [0.15, 0.2) is 65.3 Å². The molecular formula is C20H17ClN2O4S. The van der Waals surface area contributed by atoms with Crippen LogP contribution in [0.4, 0.5) is 11.4 Å². The smallest absolute Gasteiger partial charge is 0.293 e. The molecule has 0 bridgehead atoms. The number of amides is 1. The zero-order valence-corrected chi connectivity index (χ0v) is 16.3. The number of hydrogen-bond donors (Lipinski definition) is 1. The normalized spacial score (nSPS) is 13.4. The maximum Gasteiger partial charge on any atom is 0.293 e. The molecule has 2 aromatic carbocycles. The molecule has 3 aromatic rings. The number of carbonyl (C=O) groups is 1. The van der Waals surface area contributed by atoms with Gasteiger partial charge in [-0.05, 0) is 53.9 Å². The van der Waals surface area contributed by atoms with Gasteiger partial charge in [0.2, 0.25) is 10.0 Å². The molecule has 0 atom stereocenters. The quantitative estimate of drug-likeness (QED) is 0.679. The number of anilines is 2. The van der Waals surface area contributed by atoms with Crippen molar-refractivity contribution in [1.29, 1.82) is 0 Å². The van der Waals surface area contributed by atoms with E-state index in [9.17, 15) is 13.2 Å². The largest absolute Gasteiger partial charge is 0.459 e. The Bertz CT molecular complexity index is 1110. The van der Waals surface area contributed by atoms with E-state index in [1.165, 1.54) is 6.26 Å². The van der Waals surface area contributed by atoms with Crippen molar-refractivity contribution in [3.63, 3.8) is 0 Å². The first-order valence-electron chi connectivity index (χ1n) is 8.64. The number of sulfonamides is 1. The van der Waals surface area contributed by atoms with Crippen molar-refractivity contribution in [3.8, 4) is 0 Å². The minimum Gasteiger partial charge on any atom is -0.459 e. The first kappa shape index (κ1) is 18.6. The van der Waals surface area contributed by atoms with E-state index in [0.717, 1.165) is 5.56 Å². The maximum atomic E-state index is 12.6. The number of rotatable bonds is 5. The minimum absolute atomic E-state index is 0.170. The van der Waals surface area contributed by atoms with Crippen molar-refractivity contribution in [1.82, 2.24) is 0 Å². The number of fused-ring (bicyclic) bond motifs is 1. The van der Waals surface area contributed by atoms with Gasteiger partial charge in [-0.1, -0.05) is 29.8 Å². The summed E-state index contributed by atoms with van der Waals surface area (Å²) >= 11 is 5.84. The molecular weight excluding hydrogens is 400 g/mol. The molecule has 0 aliphatic carbocycles. The van der Waals surface area contributed by atoms with Gasteiger partial charge in [0.15, 0.2) is 5.76 Å². The lowest BCUT2D eigenvalue weighted by Gasteiger charge is -2.17. The van der Waals surface area contributed by atoms with Gasteiger partial charge in [0.05, 0.1) is 17.7 Å². The van der Waals surface area contributed by atoms with Crippen LogP contribution in [0.25, 0.3) is 0 Å². The Hall–Kier alpha value is -2.77. The van der Waals surface area contributed by atoms with Gasteiger partial charge in [-0.3, -0.25) is 9.52 Å². The maximum absolute atomic E-state index is 12.6. The van der Waals surface area contributed by atoms with Gasteiger partial charge >= 0.3 is 0 Å². The zero-order chi connectivity index (χ0) is 19.7. The highest BCUT2D eigenvalue weighted by Crippen LogP contribution is 2.32. The summed E-state index contributed by atoms with van der Waals surface area (Å²) in [6.45, 7) is 0.524. The molecule has 8 heteroatoms. The zero-order valence-electron chi connectivity index (χ0n) is 14.8. The van der Waals surface area contributed by atoms with Crippen LogP contribution in [0.5, 0.6) is 0 Å². The summed E-state index contributed by atoms with van der Waals surface area (Å²) in [7, 11) is -3.61. The molecule has 1 N–H and O–H groups in total. The second kappa shape index (κ2) is 7.33. The second-order valence-corrected chi connectivity index (χ2v) is 8.67. The minimum atomic E-state index is -3.61. The molecule has 6 nitrogen and oxygen atoms in total. The predicted octanol–water partition coefficient (Wildman–Crippen LogP) is 4.08. The van der Waals surface area contributed by atoms with Gasteiger partial charge in [-0.2, -0.15) is 0 Å². The highest BCUT2D eigenvalue weighted by molar-refractivity contribution is 7.91. The van der Waals surface area contributed by atoms with Crippen LogP contribution in [-0.4, -0.2) is 20.9 Å². The van der Waals surface area contributed by atoms with Gasteiger partial charge in [0.1, 0.15) is 0 Å². The highest BCUT2D eigenvalue weighted by Gasteiger charge is 2.27. The summed E-state index contributed by atoms with van der Waals surface area (Å²) in [5, 5.41) is 0.550. The summed E-state index contributed by atoms with van der Waals surface area (Å²) in [5.41, 5.74) is 2.72. The third-order valence-electron chi connectivity index (χ3n) is 4.50. The van der Waals surface area contributed by atoms with Gasteiger partial charge < -0.3 is 9.32 Å². The highest BCUT2D eigenvalue weighted by atomic mass is 35.5. The molecule has 0 saturated carbocycles. The fourth-order valence-electron chi connectivity index (χ4n) is 3.20. The van der Waals surface area contributed by atoms with E-state index >= 15 is 0 Å².